The summed E-state index contributed by atoms with van der Waals surface area (Å²) in [6.07, 6.45) is 2.53. The molecule has 0 N–H and O–H groups in total. The van der Waals surface area contributed by atoms with Gasteiger partial charge in [0, 0.05) is 6.54 Å². The normalized spacial score (nSPS) is 10.5. The van der Waals surface area contributed by atoms with Crippen LogP contribution in [0.3, 0.4) is 0 Å². The highest BCUT2D eigenvalue weighted by Gasteiger charge is 2.05. The van der Waals surface area contributed by atoms with E-state index in [9.17, 15) is 0 Å². The highest BCUT2D eigenvalue weighted by atomic mass is 16.5. The van der Waals surface area contributed by atoms with Gasteiger partial charge in [0.25, 0.3) is 0 Å². The quantitative estimate of drug-likeness (QED) is 0.793. The van der Waals surface area contributed by atoms with Crippen LogP contribution in [-0.4, -0.2) is 14.8 Å². The molecule has 0 amide bonds. The van der Waals surface area contributed by atoms with Gasteiger partial charge >= 0.3 is 0 Å². The molecule has 0 aliphatic rings. The Morgan fingerprint density at radius 2 is 2.06 bits per heavy atom. The largest absolute Gasteiger partial charge is 0.485 e. The lowest BCUT2D eigenvalue weighted by Crippen LogP contribution is -2.07. The predicted octanol–water partition coefficient (Wildman–Crippen LogP) is 2.44. The lowest BCUT2D eigenvalue weighted by Gasteiger charge is -2.10. The van der Waals surface area contributed by atoms with Gasteiger partial charge in [-0.3, -0.25) is 0 Å². The number of aryl methyl sites for hydroxylation is 2. The van der Waals surface area contributed by atoms with Gasteiger partial charge in [-0.1, -0.05) is 25.1 Å². The van der Waals surface area contributed by atoms with Gasteiger partial charge in [-0.05, 0) is 25.0 Å². The van der Waals surface area contributed by atoms with Crippen LogP contribution < -0.4 is 4.74 Å². The number of benzene rings is 1. The molecule has 0 aliphatic carbocycles. The molecule has 0 radical (unpaired) electrons. The van der Waals surface area contributed by atoms with E-state index in [0.717, 1.165) is 24.5 Å². The molecule has 2 aromatic rings. The Balaban J connectivity index is 2.07. The molecule has 0 saturated carbocycles. The zero-order chi connectivity index (χ0) is 12.1. The highest BCUT2D eigenvalue weighted by molar-refractivity contribution is 5.33. The zero-order valence-electron chi connectivity index (χ0n) is 10.3. The van der Waals surface area contributed by atoms with Crippen LogP contribution in [-0.2, 0) is 19.6 Å². The number of ether oxygens (including phenoxy) is 1. The number of nitrogens with zero attached hydrogens (tertiary/aromatic N) is 3. The van der Waals surface area contributed by atoms with Crippen molar-refractivity contribution in [3.63, 3.8) is 0 Å². The summed E-state index contributed by atoms with van der Waals surface area (Å²) in [6, 6.07) is 8.09. The fourth-order valence-corrected chi connectivity index (χ4v) is 1.74. The van der Waals surface area contributed by atoms with E-state index in [1.54, 1.807) is 6.33 Å². The molecule has 1 aromatic heterocycles. The lowest BCUT2D eigenvalue weighted by atomic mass is 10.1. The van der Waals surface area contributed by atoms with Crippen molar-refractivity contribution in [2.24, 2.45) is 0 Å². The summed E-state index contributed by atoms with van der Waals surface area (Å²) >= 11 is 0. The predicted molar refractivity (Wildman–Crippen MR) is 65.8 cm³/mol. The summed E-state index contributed by atoms with van der Waals surface area (Å²) < 4.78 is 7.63. The first-order chi connectivity index (χ1) is 8.35. The summed E-state index contributed by atoms with van der Waals surface area (Å²) in [4.78, 5) is 4.18. The third-order valence-corrected chi connectivity index (χ3v) is 2.71. The van der Waals surface area contributed by atoms with Crippen molar-refractivity contribution in [3.05, 3.63) is 42.0 Å². The lowest BCUT2D eigenvalue weighted by molar-refractivity contribution is 0.284. The second kappa shape index (κ2) is 5.48. The first-order valence-electron chi connectivity index (χ1n) is 5.92. The van der Waals surface area contributed by atoms with E-state index in [2.05, 4.69) is 23.1 Å². The standard InChI is InChI=1S/C13H17N3O/c1-3-11-7-5-6-8-12(11)17-9-13-14-10-15-16(13)4-2/h5-8,10H,3-4,9H2,1-2H3. The van der Waals surface area contributed by atoms with Crippen molar-refractivity contribution in [2.75, 3.05) is 0 Å². The average Bonchev–Trinajstić information content (AvgIpc) is 2.84. The van der Waals surface area contributed by atoms with Crippen molar-refractivity contribution < 1.29 is 4.74 Å². The number of hydrogen-bond donors (Lipinski definition) is 0. The van der Waals surface area contributed by atoms with Crippen LogP contribution in [0.5, 0.6) is 5.75 Å². The van der Waals surface area contributed by atoms with Crippen LogP contribution in [0, 0.1) is 0 Å². The molecule has 1 heterocycles. The van der Waals surface area contributed by atoms with Crippen LogP contribution >= 0.6 is 0 Å². The Labute approximate surface area is 101 Å². The summed E-state index contributed by atoms with van der Waals surface area (Å²) in [5, 5.41) is 4.12. The van der Waals surface area contributed by atoms with Crippen LogP contribution in [0.25, 0.3) is 0 Å². The Hall–Kier alpha value is -1.84. The van der Waals surface area contributed by atoms with Crippen LogP contribution in [0.1, 0.15) is 25.2 Å². The zero-order valence-corrected chi connectivity index (χ0v) is 10.3. The Bertz CT molecular complexity index is 479. The van der Waals surface area contributed by atoms with Crippen molar-refractivity contribution in [2.45, 2.75) is 33.4 Å². The maximum atomic E-state index is 5.79. The van der Waals surface area contributed by atoms with E-state index < -0.39 is 0 Å². The fraction of sp³-hybridized carbons (Fsp3) is 0.385. The Kier molecular flexibility index (Phi) is 3.75. The van der Waals surface area contributed by atoms with E-state index in [-0.39, 0.29) is 0 Å². The van der Waals surface area contributed by atoms with Crippen LogP contribution in [0.2, 0.25) is 0 Å². The molecule has 0 unspecified atom stereocenters. The third kappa shape index (κ3) is 2.64. The van der Waals surface area contributed by atoms with Crippen LogP contribution in [0.4, 0.5) is 0 Å². The molecule has 17 heavy (non-hydrogen) atoms. The average molecular weight is 231 g/mol. The molecule has 90 valence electrons. The van der Waals surface area contributed by atoms with Gasteiger partial charge < -0.3 is 4.74 Å². The first-order valence-corrected chi connectivity index (χ1v) is 5.92. The molecule has 4 nitrogen and oxygen atoms in total. The number of para-hydroxylation sites is 1. The van der Waals surface area contributed by atoms with Crippen molar-refractivity contribution in [3.8, 4) is 5.75 Å². The second-order valence-electron chi connectivity index (χ2n) is 3.74. The number of rotatable bonds is 5. The molecule has 0 spiro atoms. The van der Waals surface area contributed by atoms with Crippen molar-refractivity contribution in [1.82, 2.24) is 14.8 Å². The molecule has 4 heteroatoms. The van der Waals surface area contributed by atoms with Crippen molar-refractivity contribution >= 4 is 0 Å². The van der Waals surface area contributed by atoms with E-state index in [1.165, 1.54) is 5.56 Å². The minimum atomic E-state index is 0.463. The molecule has 2 rings (SSSR count). The molecule has 0 fully saturated rings. The molecule has 1 aromatic carbocycles. The van der Waals surface area contributed by atoms with Gasteiger partial charge in [-0.25, -0.2) is 9.67 Å². The van der Waals surface area contributed by atoms with E-state index >= 15 is 0 Å². The van der Waals surface area contributed by atoms with Crippen molar-refractivity contribution in [1.29, 1.82) is 0 Å². The minimum Gasteiger partial charge on any atom is -0.485 e. The fourth-order valence-electron chi connectivity index (χ4n) is 1.74. The Morgan fingerprint density at radius 1 is 1.24 bits per heavy atom. The monoisotopic (exact) mass is 231 g/mol. The number of hydrogen-bond acceptors (Lipinski definition) is 3. The summed E-state index contributed by atoms with van der Waals surface area (Å²) in [5.74, 6) is 1.79. The summed E-state index contributed by atoms with van der Waals surface area (Å²) in [6.45, 7) is 5.44. The van der Waals surface area contributed by atoms with Gasteiger partial charge in [0.1, 0.15) is 18.7 Å². The van der Waals surface area contributed by atoms with Gasteiger partial charge in [0.2, 0.25) is 0 Å². The molecular formula is C13H17N3O. The van der Waals surface area contributed by atoms with Gasteiger partial charge in [0.15, 0.2) is 5.82 Å². The summed E-state index contributed by atoms with van der Waals surface area (Å²) in [5.41, 5.74) is 1.22. The van der Waals surface area contributed by atoms with E-state index in [1.807, 2.05) is 29.8 Å². The van der Waals surface area contributed by atoms with Gasteiger partial charge in [-0.2, -0.15) is 5.10 Å². The van der Waals surface area contributed by atoms with E-state index in [0.29, 0.717) is 6.61 Å². The van der Waals surface area contributed by atoms with Gasteiger partial charge in [0.05, 0.1) is 0 Å². The molecule has 0 bridgehead atoms. The Morgan fingerprint density at radius 3 is 2.82 bits per heavy atom. The third-order valence-electron chi connectivity index (χ3n) is 2.71. The molecule has 0 atom stereocenters. The second-order valence-corrected chi connectivity index (χ2v) is 3.74. The maximum absolute atomic E-state index is 5.79. The maximum Gasteiger partial charge on any atom is 0.164 e. The highest BCUT2D eigenvalue weighted by Crippen LogP contribution is 2.19. The minimum absolute atomic E-state index is 0.463. The number of aromatic nitrogens is 3. The van der Waals surface area contributed by atoms with Crippen LogP contribution in [0.15, 0.2) is 30.6 Å². The van der Waals surface area contributed by atoms with Gasteiger partial charge in [-0.15, -0.1) is 0 Å². The first kappa shape index (κ1) is 11.6. The smallest absolute Gasteiger partial charge is 0.164 e. The SMILES string of the molecule is CCc1ccccc1OCc1ncnn1CC. The topological polar surface area (TPSA) is 39.9 Å². The summed E-state index contributed by atoms with van der Waals surface area (Å²) in [7, 11) is 0. The molecule has 0 aliphatic heterocycles. The molecule has 0 saturated heterocycles. The van der Waals surface area contributed by atoms with E-state index in [4.69, 9.17) is 4.74 Å². The molecular weight excluding hydrogens is 214 g/mol.